The largest absolute Gasteiger partial charge is 0.497 e. The van der Waals surface area contributed by atoms with Crippen LogP contribution in [0.15, 0.2) is 66.0 Å². The minimum atomic E-state index is 0.0452. The first kappa shape index (κ1) is 21.3. The van der Waals surface area contributed by atoms with E-state index in [9.17, 15) is 0 Å². The van der Waals surface area contributed by atoms with Crippen LogP contribution in [0.1, 0.15) is 34.4 Å². The Morgan fingerprint density at radius 3 is 2.94 bits per heavy atom. The molecule has 6 rings (SSSR count). The average molecular weight is 467 g/mol. The Labute approximate surface area is 203 Å². The molecule has 2 aromatic carbocycles. The van der Waals surface area contributed by atoms with Crippen molar-refractivity contribution in [2.75, 3.05) is 25.6 Å². The number of nitrogens with one attached hydrogen (secondary N) is 2. The van der Waals surface area contributed by atoms with Crippen molar-refractivity contribution in [3.05, 3.63) is 83.4 Å². The molecule has 8 nitrogen and oxygen atoms in total. The van der Waals surface area contributed by atoms with Gasteiger partial charge < -0.3 is 20.2 Å². The number of rotatable bonds is 6. The van der Waals surface area contributed by atoms with E-state index in [0.29, 0.717) is 13.2 Å². The Morgan fingerprint density at radius 1 is 1.14 bits per heavy atom. The van der Waals surface area contributed by atoms with Gasteiger partial charge in [0.05, 0.1) is 25.2 Å². The summed E-state index contributed by atoms with van der Waals surface area (Å²) in [7, 11) is 1.68. The number of hydrogen-bond acceptors (Lipinski definition) is 8. The van der Waals surface area contributed by atoms with Crippen LogP contribution in [0.5, 0.6) is 11.5 Å². The highest BCUT2D eigenvalue weighted by Crippen LogP contribution is 2.35. The van der Waals surface area contributed by atoms with Gasteiger partial charge in [-0.2, -0.15) is 5.10 Å². The molecular formula is C27H26N6O2. The summed E-state index contributed by atoms with van der Waals surface area (Å²) >= 11 is 0. The minimum absolute atomic E-state index is 0.0452. The molecule has 2 unspecified atom stereocenters. The summed E-state index contributed by atoms with van der Waals surface area (Å²) in [5, 5.41) is 8.71. The number of hydrazone groups is 1. The number of benzene rings is 2. The summed E-state index contributed by atoms with van der Waals surface area (Å²) in [6.07, 6.45) is 6.39. The van der Waals surface area contributed by atoms with Crippen LogP contribution in [0.2, 0.25) is 0 Å². The van der Waals surface area contributed by atoms with Gasteiger partial charge in [-0.3, -0.25) is 4.98 Å². The third-order valence-corrected chi connectivity index (χ3v) is 6.54. The Hall–Kier alpha value is -4.20. The molecular weight excluding hydrogens is 440 g/mol. The maximum absolute atomic E-state index is 6.07. The van der Waals surface area contributed by atoms with Gasteiger partial charge in [-0.05, 0) is 59.5 Å². The molecule has 0 spiro atoms. The number of hydrogen-bond donors (Lipinski definition) is 2. The predicted octanol–water partition coefficient (Wildman–Crippen LogP) is 4.04. The summed E-state index contributed by atoms with van der Waals surface area (Å²) in [5.74, 6) is 3.59. The van der Waals surface area contributed by atoms with Crippen LogP contribution < -0.4 is 20.2 Å². The lowest BCUT2D eigenvalue weighted by Crippen LogP contribution is -2.22. The highest BCUT2D eigenvalue weighted by Gasteiger charge is 2.26. The van der Waals surface area contributed by atoms with Crippen molar-refractivity contribution in [2.45, 2.75) is 24.8 Å². The topological polar surface area (TPSA) is 93.5 Å². The standard InChI is InChI=1S/C27H26N6O2/c1-34-22-5-7-25-19(10-22)9-20(16-35-25)26-32-24-6-4-18(21-14-30-31-15-21)11-23(24)27(33-26)29-13-17-3-2-8-28-12-17/h2-8,10-12,14,20-21,31H,9,13,15-16H2,1H3,(H,29,32,33). The molecule has 35 heavy (non-hydrogen) atoms. The van der Waals surface area contributed by atoms with Gasteiger partial charge in [0.1, 0.15) is 23.1 Å². The van der Waals surface area contributed by atoms with Gasteiger partial charge in [0.2, 0.25) is 0 Å². The van der Waals surface area contributed by atoms with Gasteiger partial charge in [-0.15, -0.1) is 0 Å². The van der Waals surface area contributed by atoms with Crippen LogP contribution in [0.4, 0.5) is 5.82 Å². The summed E-state index contributed by atoms with van der Waals surface area (Å²) in [6, 6.07) is 16.3. The second-order valence-corrected chi connectivity index (χ2v) is 8.85. The maximum Gasteiger partial charge on any atom is 0.138 e. The highest BCUT2D eigenvalue weighted by molar-refractivity contribution is 5.90. The van der Waals surface area contributed by atoms with E-state index in [2.05, 4.69) is 45.1 Å². The fraction of sp³-hybridized carbons (Fsp3) is 0.259. The number of fused-ring (bicyclic) bond motifs is 2. The Morgan fingerprint density at radius 2 is 2.11 bits per heavy atom. The number of pyridine rings is 1. The molecule has 2 aromatic heterocycles. The SMILES string of the molecule is COc1ccc2c(c1)CC(c1nc(NCc3cccnc3)c3cc(C4C=NNC4)ccc3n1)CO2. The lowest BCUT2D eigenvalue weighted by Gasteiger charge is -2.25. The van der Waals surface area contributed by atoms with E-state index in [-0.39, 0.29) is 11.8 Å². The molecule has 2 aliphatic heterocycles. The molecule has 176 valence electrons. The van der Waals surface area contributed by atoms with Gasteiger partial charge in [-0.1, -0.05) is 12.1 Å². The Balaban J connectivity index is 1.37. The van der Waals surface area contributed by atoms with E-state index in [1.54, 1.807) is 13.3 Å². The van der Waals surface area contributed by atoms with Crippen molar-refractivity contribution >= 4 is 22.9 Å². The van der Waals surface area contributed by atoms with Crippen LogP contribution >= 0.6 is 0 Å². The van der Waals surface area contributed by atoms with E-state index in [1.807, 2.05) is 36.7 Å². The van der Waals surface area contributed by atoms with Gasteiger partial charge >= 0.3 is 0 Å². The molecule has 2 atom stereocenters. The van der Waals surface area contributed by atoms with Gasteiger partial charge in [0.15, 0.2) is 0 Å². The maximum atomic E-state index is 6.07. The molecule has 2 aliphatic rings. The van der Waals surface area contributed by atoms with Crippen molar-refractivity contribution in [2.24, 2.45) is 5.10 Å². The van der Waals surface area contributed by atoms with E-state index in [1.165, 1.54) is 5.56 Å². The molecule has 0 saturated heterocycles. The van der Waals surface area contributed by atoms with E-state index in [0.717, 1.165) is 58.1 Å². The van der Waals surface area contributed by atoms with E-state index < -0.39 is 0 Å². The molecule has 0 saturated carbocycles. The number of ether oxygens (including phenoxy) is 2. The van der Waals surface area contributed by atoms with Crippen LogP contribution in [-0.4, -0.2) is 41.4 Å². The monoisotopic (exact) mass is 466 g/mol. The molecule has 4 aromatic rings. The highest BCUT2D eigenvalue weighted by atomic mass is 16.5. The zero-order valence-corrected chi connectivity index (χ0v) is 19.4. The van der Waals surface area contributed by atoms with E-state index >= 15 is 0 Å². The van der Waals surface area contributed by atoms with Crippen molar-refractivity contribution in [3.63, 3.8) is 0 Å². The van der Waals surface area contributed by atoms with Crippen LogP contribution in [0.3, 0.4) is 0 Å². The molecule has 8 heteroatoms. The minimum Gasteiger partial charge on any atom is -0.497 e. The smallest absolute Gasteiger partial charge is 0.138 e. The number of anilines is 1. The van der Waals surface area contributed by atoms with Gasteiger partial charge in [0, 0.05) is 43.0 Å². The third-order valence-electron chi connectivity index (χ3n) is 6.54. The summed E-state index contributed by atoms with van der Waals surface area (Å²) in [5.41, 5.74) is 7.34. The van der Waals surface area contributed by atoms with Crippen molar-refractivity contribution in [1.29, 1.82) is 0 Å². The number of aromatic nitrogens is 3. The second kappa shape index (κ2) is 9.21. The average Bonchev–Trinajstić information content (AvgIpc) is 3.46. The third kappa shape index (κ3) is 4.35. The van der Waals surface area contributed by atoms with Crippen LogP contribution in [0, 0.1) is 0 Å². The fourth-order valence-corrected chi connectivity index (χ4v) is 4.61. The summed E-state index contributed by atoms with van der Waals surface area (Å²) in [6.45, 7) is 1.96. The molecule has 0 aliphatic carbocycles. The van der Waals surface area contributed by atoms with Gasteiger partial charge in [0.25, 0.3) is 0 Å². The fourth-order valence-electron chi connectivity index (χ4n) is 4.61. The first-order chi connectivity index (χ1) is 17.3. The molecule has 4 heterocycles. The molecule has 0 bridgehead atoms. The molecule has 0 radical (unpaired) electrons. The van der Waals surface area contributed by atoms with Crippen LogP contribution in [0.25, 0.3) is 10.9 Å². The van der Waals surface area contributed by atoms with Crippen molar-refractivity contribution < 1.29 is 9.47 Å². The van der Waals surface area contributed by atoms with Gasteiger partial charge in [-0.25, -0.2) is 9.97 Å². The summed E-state index contributed by atoms with van der Waals surface area (Å²) < 4.78 is 11.5. The zero-order chi connectivity index (χ0) is 23.6. The zero-order valence-electron chi connectivity index (χ0n) is 19.4. The Bertz CT molecular complexity index is 1390. The van der Waals surface area contributed by atoms with Crippen molar-refractivity contribution in [1.82, 2.24) is 20.4 Å². The second-order valence-electron chi connectivity index (χ2n) is 8.85. The predicted molar refractivity (Wildman–Crippen MR) is 135 cm³/mol. The normalized spacial score (nSPS) is 18.5. The first-order valence-electron chi connectivity index (χ1n) is 11.8. The summed E-state index contributed by atoms with van der Waals surface area (Å²) in [4.78, 5) is 14.2. The quantitative estimate of drug-likeness (QED) is 0.443. The van der Waals surface area contributed by atoms with Crippen molar-refractivity contribution in [3.8, 4) is 11.5 Å². The first-order valence-corrected chi connectivity index (χ1v) is 11.8. The lowest BCUT2D eigenvalue weighted by atomic mass is 9.95. The Kier molecular flexibility index (Phi) is 5.62. The number of nitrogens with zero attached hydrogens (tertiary/aromatic N) is 4. The molecule has 0 amide bonds. The lowest BCUT2D eigenvalue weighted by molar-refractivity contribution is 0.257. The molecule has 2 N–H and O–H groups in total. The number of methoxy groups -OCH3 is 1. The molecule has 0 fully saturated rings. The van der Waals surface area contributed by atoms with Crippen LogP contribution in [-0.2, 0) is 13.0 Å². The van der Waals surface area contributed by atoms with E-state index in [4.69, 9.17) is 19.4 Å².